The maximum absolute atomic E-state index is 10.9. The van der Waals surface area contributed by atoms with Gasteiger partial charge in [0.15, 0.2) is 0 Å². The molecule has 0 unspecified atom stereocenters. The molecule has 0 amide bonds. The van der Waals surface area contributed by atoms with E-state index in [-0.39, 0.29) is 65.2 Å². The summed E-state index contributed by atoms with van der Waals surface area (Å²) in [7, 11) is 0. The van der Waals surface area contributed by atoms with Crippen LogP contribution in [-0.4, -0.2) is 241 Å². The molecule has 30 nitrogen and oxygen atoms in total. The van der Waals surface area contributed by atoms with E-state index in [1.807, 2.05) is 0 Å². The minimum absolute atomic E-state index is 0.0142. The van der Waals surface area contributed by atoms with Crippen molar-refractivity contribution < 1.29 is 99.0 Å². The number of aliphatic carboxylic acids is 10. The number of hydrogen-bond donors (Lipinski definition) is 20. The number of halogens is 2. The minimum atomic E-state index is -0.794. The lowest BCUT2D eigenvalue weighted by atomic mass is 9.74. The molecule has 10 saturated heterocycles. The van der Waals surface area contributed by atoms with E-state index in [1.165, 1.54) is 167 Å². The first-order chi connectivity index (χ1) is 64.3. The molecule has 12 spiro atoms. The average Bonchev–Trinajstić information content (AvgIpc) is 1.45. The standard InChI is InChI=1S/C13H21NO2.C12H19NO2.2C11H19NO2.C10H13Cl2NO2.C10H15NO2.2C10H17NO2.2C9H15NO2/c15-12(16)11-7-13(8-14-11)6-10(13)9-4-2-1-3-5-9;14-11(15)10-6-12(7-13-10)5-9(12)8-3-1-2-4-8;1-10(2,3)8-5-11(8)4-7(9(13)14)12-6-11;1-7(2)3-8-4-11(8)5-9(10(13)14)12-6-11;11-10(12)8(2-1-3-8)9(10)4-6(7(14)15)13-5-9;12-8(13)7-4-10(6-11-7)5-9(10)2-1-3-9;1-6(2)7-3-10(7)4-8(9(12)13)11-5-10;1-2-3-7-4-10(7)5-8(9(12)13)11-6-10;1-8(2)4-9(8)3-6(7(11)12)10-5-9;1-2-6-3-9(6)4-7(8(11)12)10-5-9/h9-11,14H,1-8H2,(H,15,16);8-10,13H,1-7H2,(H,14,15);7-8,12H,4-6H2,1-3H3,(H,13,14);7-9,12H,3-6H2,1-2H3,(H,13,14);6,13H,1-5H2,(H,14,15);7,11H,1-6H2,(H,12,13);6-8,11H,3-5H2,1-2H3,(H,12,13);7-8,11H,2-6H2,1H3,(H,12,13);6,10H,3-5H2,1-2H3,(H,11,12);6-7,10H,2-5H2,1H3,(H,11,12)/t10-,11+,13+;9-,10+,12+;7-,8+,11+;8-,9-,11-;6-,9+;7-,10+;7-,8+,10+;7-,8-,10-;6-,9+;6-,7-,9-/m1100001000/s1. The Morgan fingerprint density at radius 1 is 0.328 bits per heavy atom. The van der Waals surface area contributed by atoms with Crippen molar-refractivity contribution in [2.45, 2.75) is 385 Å². The summed E-state index contributed by atoms with van der Waals surface area (Å²) in [5.74, 6) is 1.85. The van der Waals surface area contributed by atoms with Gasteiger partial charge in [0.2, 0.25) is 0 Å². The highest BCUT2D eigenvalue weighted by Gasteiger charge is 2.88. The quantitative estimate of drug-likeness (QED) is 0.0567. The summed E-state index contributed by atoms with van der Waals surface area (Å²) in [4.78, 5) is 108. The van der Waals surface area contributed by atoms with E-state index in [0.717, 1.165) is 183 Å². The van der Waals surface area contributed by atoms with Gasteiger partial charge in [-0.1, -0.05) is 166 Å². The van der Waals surface area contributed by atoms with E-state index >= 15 is 0 Å². The molecule has 0 radical (unpaired) electrons. The molecule has 14 saturated carbocycles. The van der Waals surface area contributed by atoms with Gasteiger partial charge in [0, 0.05) is 76.3 Å². The highest BCUT2D eigenvalue weighted by molar-refractivity contribution is 6.52. The molecule has 10 heterocycles. The van der Waals surface area contributed by atoms with Gasteiger partial charge in [-0.05, 0) is 284 Å². The SMILES string of the molecule is CC(C)(C)[C@H]1C[C@]12CN[C@H](C(=O)O)C2.CC(C)C[C@H]1C[C@]12CN[C@H](C(=O)O)C2.CC(C)[C@H]1C[C@]12CN[C@H](C(=O)O)C2.CC1(C)C[C@]12CN[C@H](C(=O)O)C2.CCC[C@H]1C[C@]12CN[C@H](C(=O)O)C2.CC[C@H]1C[C@]12CN[C@H](C(=O)O)C2.O=C(O)[C@@H]1C[C@]2(CN1)C(Cl)(Cl)C21CCC1.O=C(O)[C@@H]1C[C@]2(CN1)CC21CCC1.O=C(O)[C@@H]1C[C@]2(CN1)C[C@@H]2C1CCCC1.O=C(O)[C@@H]1C[C@]2(CN1)C[C@@H]2C1CCCCC1. The van der Waals surface area contributed by atoms with Gasteiger partial charge in [-0.2, -0.15) is 0 Å². The Labute approximate surface area is 821 Å². The normalized spacial score (nSPS) is 43.5. The van der Waals surface area contributed by atoms with Crippen molar-refractivity contribution in [3.8, 4) is 0 Å². The highest BCUT2D eigenvalue weighted by atomic mass is 35.5. The number of carbonyl (C=O) groups is 10. The number of carboxylic acids is 10. The van der Waals surface area contributed by atoms with Crippen LogP contribution in [0.15, 0.2) is 0 Å². The van der Waals surface area contributed by atoms with Crippen LogP contribution in [0.2, 0.25) is 0 Å². The van der Waals surface area contributed by atoms with Gasteiger partial charge in [0.05, 0.1) is 0 Å². The van der Waals surface area contributed by atoms with Crippen LogP contribution in [0.25, 0.3) is 0 Å². The zero-order chi connectivity index (χ0) is 99.4. The van der Waals surface area contributed by atoms with E-state index in [4.69, 9.17) is 74.3 Å². The Bertz CT molecular complexity index is 4440. The number of nitrogens with one attached hydrogen (secondary N) is 10. The summed E-state index contributed by atoms with van der Waals surface area (Å²) < 4.78 is -0.699. The van der Waals surface area contributed by atoms with Crippen LogP contribution in [-0.2, 0) is 47.9 Å². The van der Waals surface area contributed by atoms with Gasteiger partial charge in [-0.15, -0.1) is 23.2 Å². The first kappa shape index (κ1) is 106. The van der Waals surface area contributed by atoms with E-state index in [1.54, 1.807) is 0 Å². The van der Waals surface area contributed by atoms with Gasteiger partial charge in [-0.3, -0.25) is 47.9 Å². The summed E-state index contributed by atoms with van der Waals surface area (Å²) >= 11 is 12.7. The van der Waals surface area contributed by atoms with Crippen molar-refractivity contribution in [1.82, 2.24) is 53.2 Å². The fraction of sp³-hybridized carbons (Fsp3) is 0.905. The van der Waals surface area contributed by atoms with Crippen LogP contribution in [0.5, 0.6) is 0 Å². The second-order valence-electron chi connectivity index (χ2n) is 51.6. The Balaban J connectivity index is 0.000000116. The molecule has 32 heteroatoms. The fourth-order valence-corrected chi connectivity index (χ4v) is 32.8. The molecule has 0 bridgehead atoms. The third-order valence-electron chi connectivity index (χ3n) is 41.2. The summed E-state index contributed by atoms with van der Waals surface area (Å²) in [6, 6.07) is -3.00. The topological polar surface area (TPSA) is 493 Å². The third kappa shape index (κ3) is 21.6. The Morgan fingerprint density at radius 2 is 0.657 bits per heavy atom. The Kier molecular flexibility index (Phi) is 30.7. The van der Waals surface area contributed by atoms with Gasteiger partial charge in [0.25, 0.3) is 0 Å². The third-order valence-corrected chi connectivity index (χ3v) is 42.7. The zero-order valence-corrected chi connectivity index (χ0v) is 85.4. The summed E-state index contributed by atoms with van der Waals surface area (Å²) in [5, 5.41) is 120. The largest absolute Gasteiger partial charge is 0.480 e. The predicted molar refractivity (Wildman–Crippen MR) is 519 cm³/mol. The molecule has 20 N–H and O–H groups in total. The van der Waals surface area contributed by atoms with Crippen LogP contribution < -0.4 is 53.2 Å². The monoisotopic (exact) mass is 1960 g/mol. The minimum Gasteiger partial charge on any atom is -0.480 e. The number of carboxylic acid groups (broad SMARTS) is 10. The first-order valence-electron chi connectivity index (χ1n) is 53.3. The van der Waals surface area contributed by atoms with Crippen LogP contribution in [0.1, 0.15) is 320 Å². The van der Waals surface area contributed by atoms with Gasteiger partial charge < -0.3 is 104 Å². The molecule has 774 valence electrons. The fourth-order valence-electron chi connectivity index (χ4n) is 31.5. The van der Waals surface area contributed by atoms with Crippen molar-refractivity contribution in [1.29, 1.82) is 0 Å². The second kappa shape index (κ2) is 39.7. The highest BCUT2D eigenvalue weighted by Crippen LogP contribution is 2.87. The molecule has 0 aromatic carbocycles. The van der Waals surface area contributed by atoms with Crippen LogP contribution in [0, 0.1) is 141 Å². The second-order valence-corrected chi connectivity index (χ2v) is 52.9. The van der Waals surface area contributed by atoms with Crippen molar-refractivity contribution in [3.63, 3.8) is 0 Å². The number of fused-ring (bicyclic) bond motifs is 2. The molecule has 0 aromatic heterocycles. The van der Waals surface area contributed by atoms with E-state index < -0.39 is 70.1 Å². The summed E-state index contributed by atoms with van der Waals surface area (Å²) in [6.07, 6.45) is 44.3. The van der Waals surface area contributed by atoms with Crippen LogP contribution in [0.3, 0.4) is 0 Å². The van der Waals surface area contributed by atoms with Crippen molar-refractivity contribution >= 4 is 82.9 Å². The molecule has 27 atom stereocenters. The zero-order valence-electron chi connectivity index (χ0n) is 83.9. The van der Waals surface area contributed by atoms with Crippen molar-refractivity contribution in [2.24, 2.45) is 141 Å². The molecule has 137 heavy (non-hydrogen) atoms. The Hall–Kier alpha value is -5.12. The van der Waals surface area contributed by atoms with Gasteiger partial charge in [0.1, 0.15) is 64.8 Å². The lowest BCUT2D eigenvalue weighted by molar-refractivity contribution is -0.140. The molecule has 14 aliphatic carbocycles. The first-order valence-corrected chi connectivity index (χ1v) is 54.1. The number of rotatable bonds is 18. The van der Waals surface area contributed by atoms with Crippen LogP contribution in [0.4, 0.5) is 0 Å². The van der Waals surface area contributed by atoms with Gasteiger partial charge >= 0.3 is 59.7 Å². The molecule has 24 aliphatic rings. The lowest BCUT2D eigenvalue weighted by Crippen LogP contribution is -2.30. The molecule has 0 aromatic rings. The Morgan fingerprint density at radius 3 is 0.971 bits per heavy atom. The lowest BCUT2D eigenvalue weighted by Gasteiger charge is -2.30. The summed E-state index contributed by atoms with van der Waals surface area (Å²) in [5.41, 5.74) is 4.34. The molecule has 24 rings (SSSR count). The number of alkyl halides is 2. The molecule has 24 fully saturated rings. The van der Waals surface area contributed by atoms with Crippen LogP contribution >= 0.6 is 23.2 Å². The average molecular weight is 1960 g/mol. The predicted octanol–water partition coefficient (Wildman–Crippen LogP) is 13.4. The molecule has 10 aliphatic heterocycles. The van der Waals surface area contributed by atoms with Crippen molar-refractivity contribution in [3.05, 3.63) is 0 Å². The van der Waals surface area contributed by atoms with E-state index in [9.17, 15) is 47.9 Å². The van der Waals surface area contributed by atoms with E-state index in [2.05, 4.69) is 129 Å². The maximum Gasteiger partial charge on any atom is 0.320 e. The van der Waals surface area contributed by atoms with E-state index in [0.29, 0.717) is 89.8 Å². The number of hydrogen-bond acceptors (Lipinski definition) is 20. The molecular formula is C105H170Cl2N10O20. The molecular weight excluding hydrogens is 1790 g/mol. The maximum atomic E-state index is 10.9. The van der Waals surface area contributed by atoms with Crippen molar-refractivity contribution in [2.75, 3.05) is 65.4 Å². The smallest absolute Gasteiger partial charge is 0.320 e. The van der Waals surface area contributed by atoms with Gasteiger partial charge in [-0.25, -0.2) is 0 Å². The summed E-state index contributed by atoms with van der Waals surface area (Å²) in [6.45, 7) is 33.5.